The molecule has 3 rings (SSSR count). The molecule has 1 N–H and O–H groups in total. The minimum atomic E-state index is -3.75. The van der Waals surface area contributed by atoms with Crippen LogP contribution in [-0.4, -0.2) is 24.7 Å². The van der Waals surface area contributed by atoms with Gasteiger partial charge in [-0.25, -0.2) is 8.42 Å². The zero-order valence-corrected chi connectivity index (χ0v) is 13.6. The largest absolute Gasteiger partial charge is 0.490 e. The second kappa shape index (κ2) is 5.40. The first-order valence-corrected chi connectivity index (χ1v) is 8.53. The molecular weight excluding hydrogens is 326 g/mol. The Hall–Kier alpha value is -1.86. The number of aromatic nitrogens is 2. The number of rotatable bonds is 3. The summed E-state index contributed by atoms with van der Waals surface area (Å²) in [5.74, 6) is 0.728. The van der Waals surface area contributed by atoms with Gasteiger partial charge in [0.15, 0.2) is 5.15 Å². The maximum absolute atomic E-state index is 12.5. The molecule has 0 saturated carbocycles. The first-order valence-electron chi connectivity index (χ1n) is 6.67. The highest BCUT2D eigenvalue weighted by Gasteiger charge is 2.23. The summed E-state index contributed by atoms with van der Waals surface area (Å²) in [6, 6.07) is 6.33. The summed E-state index contributed by atoms with van der Waals surface area (Å²) in [6.45, 7) is 3.65. The van der Waals surface area contributed by atoms with E-state index < -0.39 is 10.0 Å². The molecule has 0 spiro atoms. The van der Waals surface area contributed by atoms with E-state index in [2.05, 4.69) is 14.9 Å². The van der Waals surface area contributed by atoms with Crippen molar-refractivity contribution < 1.29 is 13.2 Å². The number of hydrogen-bond acceptors (Lipinski definition) is 5. The van der Waals surface area contributed by atoms with E-state index in [0.29, 0.717) is 12.1 Å². The van der Waals surface area contributed by atoms with Crippen molar-refractivity contribution in [2.24, 2.45) is 0 Å². The van der Waals surface area contributed by atoms with E-state index in [1.165, 1.54) is 12.1 Å². The Bertz CT molecular complexity index is 839. The van der Waals surface area contributed by atoms with Crippen molar-refractivity contribution in [3.8, 4) is 5.75 Å². The van der Waals surface area contributed by atoms with E-state index in [0.717, 1.165) is 11.3 Å². The highest BCUT2D eigenvalue weighted by molar-refractivity contribution is 7.92. The van der Waals surface area contributed by atoms with Gasteiger partial charge in [-0.3, -0.25) is 4.72 Å². The lowest BCUT2D eigenvalue weighted by Crippen LogP contribution is -2.14. The smallest absolute Gasteiger partial charge is 0.262 e. The standard InChI is InChI=1S/C14H14ClN3O3S/c1-8-5-12(14(15)17-16-8)18-22(19,20)11-3-4-13-10(7-11)6-9(2)21-13/h3-5,7,9H,6H2,1-2H3,(H,16,18). The average molecular weight is 340 g/mol. The van der Waals surface area contributed by atoms with Crippen LogP contribution in [0.15, 0.2) is 29.2 Å². The van der Waals surface area contributed by atoms with Crippen molar-refractivity contribution >= 4 is 27.3 Å². The maximum Gasteiger partial charge on any atom is 0.262 e. The number of anilines is 1. The zero-order chi connectivity index (χ0) is 15.9. The molecule has 8 heteroatoms. The van der Waals surface area contributed by atoms with Crippen LogP contribution in [0.3, 0.4) is 0 Å². The molecule has 0 radical (unpaired) electrons. The van der Waals surface area contributed by atoms with Crippen molar-refractivity contribution in [3.05, 3.63) is 40.7 Å². The van der Waals surface area contributed by atoms with Crippen LogP contribution in [0.2, 0.25) is 5.15 Å². The molecule has 0 bridgehead atoms. The van der Waals surface area contributed by atoms with Crippen LogP contribution < -0.4 is 9.46 Å². The molecule has 0 aliphatic carbocycles. The summed E-state index contributed by atoms with van der Waals surface area (Å²) in [6.07, 6.45) is 0.748. The fourth-order valence-corrected chi connectivity index (χ4v) is 3.62. The Balaban J connectivity index is 1.94. The summed E-state index contributed by atoms with van der Waals surface area (Å²) in [4.78, 5) is 0.162. The van der Waals surface area contributed by atoms with Crippen molar-refractivity contribution in [2.45, 2.75) is 31.3 Å². The van der Waals surface area contributed by atoms with E-state index in [-0.39, 0.29) is 21.8 Å². The van der Waals surface area contributed by atoms with Crippen molar-refractivity contribution in [3.63, 3.8) is 0 Å². The monoisotopic (exact) mass is 339 g/mol. The van der Waals surface area contributed by atoms with E-state index in [1.54, 1.807) is 19.1 Å². The lowest BCUT2D eigenvalue weighted by Gasteiger charge is -2.10. The first-order chi connectivity index (χ1) is 10.3. The lowest BCUT2D eigenvalue weighted by molar-refractivity contribution is 0.254. The van der Waals surface area contributed by atoms with Gasteiger partial charge in [-0.15, -0.1) is 5.10 Å². The van der Waals surface area contributed by atoms with Gasteiger partial charge in [0.05, 0.1) is 16.3 Å². The zero-order valence-electron chi connectivity index (χ0n) is 12.0. The van der Waals surface area contributed by atoms with E-state index in [9.17, 15) is 8.42 Å². The fraction of sp³-hybridized carbons (Fsp3) is 0.286. The van der Waals surface area contributed by atoms with Crippen LogP contribution in [0.4, 0.5) is 5.69 Å². The Labute approximate surface area is 133 Å². The fourth-order valence-electron chi connectivity index (χ4n) is 2.31. The molecule has 1 atom stereocenters. The SMILES string of the molecule is Cc1cc(NS(=O)(=O)c2ccc3c(c2)CC(C)O3)c(Cl)nn1. The first kappa shape index (κ1) is 15.1. The minimum absolute atomic E-state index is 0.00675. The summed E-state index contributed by atoms with van der Waals surface area (Å²) in [5, 5.41) is 7.46. The highest BCUT2D eigenvalue weighted by atomic mass is 35.5. The van der Waals surface area contributed by atoms with E-state index in [1.807, 2.05) is 6.92 Å². The number of benzene rings is 1. The predicted octanol–water partition coefficient (Wildman–Crippen LogP) is 2.56. The number of sulfonamides is 1. The van der Waals surface area contributed by atoms with Crippen LogP contribution in [-0.2, 0) is 16.4 Å². The third kappa shape index (κ3) is 2.86. The van der Waals surface area contributed by atoms with Crippen molar-refractivity contribution in [1.29, 1.82) is 0 Å². The predicted molar refractivity (Wildman–Crippen MR) is 82.8 cm³/mol. The van der Waals surface area contributed by atoms with Crippen molar-refractivity contribution in [1.82, 2.24) is 10.2 Å². The number of halogens is 1. The van der Waals surface area contributed by atoms with E-state index in [4.69, 9.17) is 16.3 Å². The molecule has 1 aromatic carbocycles. The Morgan fingerprint density at radius 3 is 2.86 bits per heavy atom. The van der Waals surface area contributed by atoms with Gasteiger partial charge in [0.2, 0.25) is 0 Å². The molecule has 2 aromatic rings. The second-order valence-electron chi connectivity index (χ2n) is 5.20. The second-order valence-corrected chi connectivity index (χ2v) is 7.24. The minimum Gasteiger partial charge on any atom is -0.490 e. The molecule has 1 aromatic heterocycles. The van der Waals surface area contributed by atoms with E-state index >= 15 is 0 Å². The van der Waals surface area contributed by atoms with Gasteiger partial charge in [-0.05, 0) is 43.7 Å². The maximum atomic E-state index is 12.5. The average Bonchev–Trinajstić information content (AvgIpc) is 2.81. The van der Waals surface area contributed by atoms with Crippen LogP contribution >= 0.6 is 11.6 Å². The third-order valence-corrected chi connectivity index (χ3v) is 4.94. The quantitative estimate of drug-likeness (QED) is 0.929. The molecule has 2 heterocycles. The topological polar surface area (TPSA) is 81.2 Å². The van der Waals surface area contributed by atoms with Gasteiger partial charge in [-0.2, -0.15) is 5.10 Å². The molecule has 0 amide bonds. The van der Waals surface area contributed by atoms with Crippen LogP contribution in [0.5, 0.6) is 5.75 Å². The number of fused-ring (bicyclic) bond motifs is 1. The van der Waals surface area contributed by atoms with Crippen LogP contribution in [0, 0.1) is 6.92 Å². The van der Waals surface area contributed by atoms with Gasteiger partial charge in [-0.1, -0.05) is 11.6 Å². The molecule has 1 aliphatic rings. The molecule has 116 valence electrons. The van der Waals surface area contributed by atoms with Gasteiger partial charge in [0, 0.05) is 6.42 Å². The highest BCUT2D eigenvalue weighted by Crippen LogP contribution is 2.31. The number of aryl methyl sites for hydroxylation is 1. The number of nitrogens with zero attached hydrogens (tertiary/aromatic N) is 2. The van der Waals surface area contributed by atoms with Gasteiger partial charge in [0.25, 0.3) is 10.0 Å². The van der Waals surface area contributed by atoms with Gasteiger partial charge in [0.1, 0.15) is 11.9 Å². The Morgan fingerprint density at radius 2 is 2.09 bits per heavy atom. The summed E-state index contributed by atoms with van der Waals surface area (Å²) in [5.41, 5.74) is 1.66. The summed E-state index contributed by atoms with van der Waals surface area (Å²) < 4.78 is 33.0. The number of ether oxygens (including phenoxy) is 1. The van der Waals surface area contributed by atoms with Gasteiger partial charge < -0.3 is 4.74 Å². The molecule has 6 nitrogen and oxygen atoms in total. The van der Waals surface area contributed by atoms with Gasteiger partial charge >= 0.3 is 0 Å². The lowest BCUT2D eigenvalue weighted by atomic mass is 10.1. The molecule has 0 fully saturated rings. The third-order valence-electron chi connectivity index (χ3n) is 3.29. The Morgan fingerprint density at radius 1 is 1.32 bits per heavy atom. The number of nitrogens with one attached hydrogen (secondary N) is 1. The molecule has 0 saturated heterocycles. The van der Waals surface area contributed by atoms with Crippen molar-refractivity contribution in [2.75, 3.05) is 4.72 Å². The molecule has 1 unspecified atom stereocenters. The van der Waals surface area contributed by atoms with Crippen LogP contribution in [0.1, 0.15) is 18.2 Å². The normalized spacial score (nSPS) is 17.0. The Kier molecular flexibility index (Phi) is 3.70. The molecule has 1 aliphatic heterocycles. The summed E-state index contributed by atoms with van der Waals surface area (Å²) >= 11 is 5.88. The number of hydrogen-bond donors (Lipinski definition) is 1. The summed E-state index contributed by atoms with van der Waals surface area (Å²) in [7, 11) is -3.75. The van der Waals surface area contributed by atoms with Crippen LogP contribution in [0.25, 0.3) is 0 Å². The molecular formula is C14H14ClN3O3S. The molecule has 22 heavy (non-hydrogen) atoms.